The van der Waals surface area contributed by atoms with Crippen LogP contribution in [0.5, 0.6) is 0 Å². The number of alkyl halides is 3. The summed E-state index contributed by atoms with van der Waals surface area (Å²) in [7, 11) is 0. The molecule has 0 saturated heterocycles. The van der Waals surface area contributed by atoms with Gasteiger partial charge in [-0.15, -0.1) is 11.6 Å². The fourth-order valence-electron chi connectivity index (χ4n) is 1.68. The predicted octanol–water partition coefficient (Wildman–Crippen LogP) is 4.26. The zero-order chi connectivity index (χ0) is 13.1. The highest BCUT2D eigenvalue weighted by Crippen LogP contribution is 2.25. The third kappa shape index (κ3) is 2.82. The molecule has 0 N–H and O–H groups in total. The Morgan fingerprint density at radius 1 is 1.22 bits per heavy atom. The summed E-state index contributed by atoms with van der Waals surface area (Å²) in [6, 6.07) is 6.98. The molecule has 2 nitrogen and oxygen atoms in total. The summed E-state index contributed by atoms with van der Waals surface area (Å²) in [6.45, 7) is 0.272. The number of benzene rings is 1. The molecule has 0 atom stereocenters. The van der Waals surface area contributed by atoms with Crippen molar-refractivity contribution in [1.82, 2.24) is 9.78 Å². The third-order valence-corrected chi connectivity index (χ3v) is 3.10. The van der Waals surface area contributed by atoms with Gasteiger partial charge in [0.05, 0.1) is 18.6 Å². The molecular weight excluding hydrogens is 281 g/mol. The normalized spacial score (nSPS) is 11.2. The van der Waals surface area contributed by atoms with E-state index in [-0.39, 0.29) is 18.1 Å². The summed E-state index contributed by atoms with van der Waals surface area (Å²) in [5.41, 5.74) is 1.09. The Balaban J connectivity index is 2.28. The lowest BCUT2D eigenvalue weighted by molar-refractivity contribution is 0.139. The van der Waals surface area contributed by atoms with Crippen LogP contribution in [0.25, 0.3) is 0 Å². The number of halogens is 4. The Kier molecular flexibility index (Phi) is 4.19. The smallest absolute Gasteiger partial charge is 0.259 e. The van der Waals surface area contributed by atoms with Crippen molar-refractivity contribution in [2.45, 2.75) is 18.9 Å². The van der Waals surface area contributed by atoms with E-state index in [9.17, 15) is 8.78 Å². The van der Waals surface area contributed by atoms with Gasteiger partial charge in [0, 0.05) is 10.6 Å². The molecule has 2 rings (SSSR count). The first-order chi connectivity index (χ1) is 8.61. The molecule has 0 aliphatic rings. The second-order valence-corrected chi connectivity index (χ2v) is 4.48. The maximum Gasteiger partial charge on any atom is 0.280 e. The minimum absolute atomic E-state index is 0.0281. The number of rotatable bonds is 4. The minimum atomic E-state index is -2.59. The van der Waals surface area contributed by atoms with Crippen molar-refractivity contribution >= 4 is 23.2 Å². The van der Waals surface area contributed by atoms with Gasteiger partial charge in [0.1, 0.15) is 5.69 Å². The molecule has 1 aromatic carbocycles. The second kappa shape index (κ2) is 5.67. The fraction of sp³-hybridized carbons (Fsp3) is 0.250. The summed E-state index contributed by atoms with van der Waals surface area (Å²) in [6.07, 6.45) is -1.21. The Bertz CT molecular complexity index is 523. The first-order valence-corrected chi connectivity index (χ1v) is 6.16. The Labute approximate surface area is 113 Å². The number of aromatic nitrogens is 2. The Hall–Kier alpha value is -1.13. The van der Waals surface area contributed by atoms with Gasteiger partial charge in [0.25, 0.3) is 6.43 Å². The summed E-state index contributed by atoms with van der Waals surface area (Å²) in [5, 5.41) is 4.55. The molecule has 0 fully saturated rings. The molecule has 0 aliphatic heterocycles. The van der Waals surface area contributed by atoms with Crippen molar-refractivity contribution in [3.63, 3.8) is 0 Å². The van der Waals surface area contributed by atoms with Crippen molar-refractivity contribution in [3.8, 4) is 0 Å². The molecule has 0 bridgehead atoms. The van der Waals surface area contributed by atoms with Crippen LogP contribution in [0.3, 0.4) is 0 Å². The van der Waals surface area contributed by atoms with Gasteiger partial charge >= 0.3 is 0 Å². The van der Waals surface area contributed by atoms with Crippen LogP contribution in [0, 0.1) is 0 Å². The third-order valence-electron chi connectivity index (χ3n) is 2.56. The highest BCUT2D eigenvalue weighted by Gasteiger charge is 2.19. The van der Waals surface area contributed by atoms with E-state index in [0.717, 1.165) is 5.56 Å². The standard InChI is InChI=1S/C12H10Cl2F2N2/c13-5-9-6-17-18(11(9)12(15)16)7-8-1-3-10(14)4-2-8/h1-4,6,12H,5,7H2. The largest absolute Gasteiger partial charge is 0.280 e. The predicted molar refractivity (Wildman–Crippen MR) is 67.3 cm³/mol. The Morgan fingerprint density at radius 2 is 1.89 bits per heavy atom. The first-order valence-electron chi connectivity index (χ1n) is 5.25. The van der Waals surface area contributed by atoms with Crippen LogP contribution in [-0.2, 0) is 12.4 Å². The van der Waals surface area contributed by atoms with Gasteiger partial charge in [-0.25, -0.2) is 8.78 Å². The van der Waals surface area contributed by atoms with Crippen LogP contribution in [0.4, 0.5) is 8.78 Å². The summed E-state index contributed by atoms with van der Waals surface area (Å²) >= 11 is 11.4. The molecule has 0 spiro atoms. The maximum absolute atomic E-state index is 12.9. The quantitative estimate of drug-likeness (QED) is 0.769. The number of hydrogen-bond acceptors (Lipinski definition) is 1. The van der Waals surface area contributed by atoms with Gasteiger partial charge < -0.3 is 0 Å². The van der Waals surface area contributed by atoms with Crippen molar-refractivity contribution in [2.24, 2.45) is 0 Å². The highest BCUT2D eigenvalue weighted by atomic mass is 35.5. The molecule has 18 heavy (non-hydrogen) atoms. The van der Waals surface area contributed by atoms with Gasteiger partial charge in [-0.05, 0) is 17.7 Å². The topological polar surface area (TPSA) is 17.8 Å². The van der Waals surface area contributed by atoms with E-state index in [0.29, 0.717) is 10.6 Å². The zero-order valence-corrected chi connectivity index (χ0v) is 10.8. The molecule has 2 aromatic rings. The fourth-order valence-corrected chi connectivity index (χ4v) is 2.01. The first kappa shape index (κ1) is 13.3. The van der Waals surface area contributed by atoms with E-state index in [1.807, 2.05) is 0 Å². The van der Waals surface area contributed by atoms with E-state index in [1.54, 1.807) is 24.3 Å². The van der Waals surface area contributed by atoms with Gasteiger partial charge in [-0.3, -0.25) is 4.68 Å². The van der Waals surface area contributed by atoms with E-state index in [4.69, 9.17) is 23.2 Å². The SMILES string of the molecule is FC(F)c1c(CCl)cnn1Cc1ccc(Cl)cc1. The molecule has 0 amide bonds. The van der Waals surface area contributed by atoms with E-state index in [2.05, 4.69) is 5.10 Å². The molecule has 0 aliphatic carbocycles. The van der Waals surface area contributed by atoms with Crippen LogP contribution in [0.2, 0.25) is 5.02 Å². The average molecular weight is 291 g/mol. The van der Waals surface area contributed by atoms with Crippen LogP contribution < -0.4 is 0 Å². The van der Waals surface area contributed by atoms with Gasteiger partial charge in [-0.2, -0.15) is 5.10 Å². The molecule has 0 saturated carbocycles. The average Bonchev–Trinajstić information content (AvgIpc) is 2.75. The number of hydrogen-bond donors (Lipinski definition) is 0. The van der Waals surface area contributed by atoms with Crippen LogP contribution >= 0.6 is 23.2 Å². The molecule has 0 radical (unpaired) electrons. The highest BCUT2D eigenvalue weighted by molar-refractivity contribution is 6.30. The molecule has 0 unspecified atom stereocenters. The Morgan fingerprint density at radius 3 is 2.44 bits per heavy atom. The van der Waals surface area contributed by atoms with Crippen molar-refractivity contribution in [1.29, 1.82) is 0 Å². The summed E-state index contributed by atoms with van der Waals surface area (Å²) in [4.78, 5) is 0. The molecular formula is C12H10Cl2F2N2. The molecule has 96 valence electrons. The van der Waals surface area contributed by atoms with Gasteiger partial charge in [0.15, 0.2) is 0 Å². The molecule has 6 heteroatoms. The van der Waals surface area contributed by atoms with Crippen molar-refractivity contribution < 1.29 is 8.78 Å². The van der Waals surface area contributed by atoms with Gasteiger partial charge in [-0.1, -0.05) is 23.7 Å². The second-order valence-electron chi connectivity index (χ2n) is 3.77. The molecule has 1 aromatic heterocycles. The van der Waals surface area contributed by atoms with Crippen molar-refractivity contribution in [3.05, 3.63) is 52.3 Å². The zero-order valence-electron chi connectivity index (χ0n) is 9.28. The minimum Gasteiger partial charge on any atom is -0.259 e. The van der Waals surface area contributed by atoms with Gasteiger partial charge in [0.2, 0.25) is 0 Å². The summed E-state index contributed by atoms with van der Waals surface area (Å²) in [5.74, 6) is 0.0281. The van der Waals surface area contributed by atoms with Crippen LogP contribution in [0.15, 0.2) is 30.5 Å². The van der Waals surface area contributed by atoms with E-state index >= 15 is 0 Å². The lowest BCUT2D eigenvalue weighted by Gasteiger charge is -2.08. The molecule has 1 heterocycles. The van der Waals surface area contributed by atoms with Crippen molar-refractivity contribution in [2.75, 3.05) is 0 Å². The summed E-state index contributed by atoms with van der Waals surface area (Å²) < 4.78 is 27.1. The maximum atomic E-state index is 12.9. The van der Waals surface area contributed by atoms with Crippen LogP contribution in [0.1, 0.15) is 23.2 Å². The van der Waals surface area contributed by atoms with E-state index < -0.39 is 6.43 Å². The lowest BCUT2D eigenvalue weighted by Crippen LogP contribution is -2.07. The van der Waals surface area contributed by atoms with E-state index in [1.165, 1.54) is 10.9 Å². The number of nitrogens with zero attached hydrogens (tertiary/aromatic N) is 2. The lowest BCUT2D eigenvalue weighted by atomic mass is 10.2. The monoisotopic (exact) mass is 290 g/mol. The van der Waals surface area contributed by atoms with Crippen LogP contribution in [-0.4, -0.2) is 9.78 Å².